The van der Waals surface area contributed by atoms with Gasteiger partial charge in [-0.1, -0.05) is 30.9 Å². The lowest BCUT2D eigenvalue weighted by Crippen LogP contribution is -2.18. The first-order valence-corrected chi connectivity index (χ1v) is 12.9. The van der Waals surface area contributed by atoms with Crippen molar-refractivity contribution in [2.45, 2.75) is 26.3 Å². The van der Waals surface area contributed by atoms with Crippen molar-refractivity contribution in [3.8, 4) is 22.5 Å². The summed E-state index contributed by atoms with van der Waals surface area (Å²) in [5.74, 6) is -0.263. The van der Waals surface area contributed by atoms with Crippen LogP contribution in [-0.2, 0) is 6.54 Å². The van der Waals surface area contributed by atoms with Crippen LogP contribution in [-0.4, -0.2) is 43.1 Å². The maximum atomic E-state index is 13.6. The second-order valence-electron chi connectivity index (χ2n) is 9.80. The second-order valence-corrected chi connectivity index (χ2v) is 9.80. The molecule has 0 amide bonds. The third kappa shape index (κ3) is 4.68. The molecule has 5 aromatic rings. The van der Waals surface area contributed by atoms with Crippen LogP contribution in [0, 0.1) is 12.7 Å². The normalized spacial score (nSPS) is 14.4. The van der Waals surface area contributed by atoms with Crippen molar-refractivity contribution < 1.29 is 4.39 Å². The van der Waals surface area contributed by atoms with Gasteiger partial charge < -0.3 is 4.98 Å². The third-order valence-corrected chi connectivity index (χ3v) is 7.15. The highest BCUT2D eigenvalue weighted by Gasteiger charge is 2.18. The number of H-pyrrole nitrogens is 2. The molecule has 6 rings (SSSR count). The van der Waals surface area contributed by atoms with E-state index in [0.29, 0.717) is 0 Å². The van der Waals surface area contributed by atoms with Gasteiger partial charge in [0.25, 0.3) is 0 Å². The van der Waals surface area contributed by atoms with Crippen molar-refractivity contribution in [3.05, 3.63) is 108 Å². The van der Waals surface area contributed by atoms with E-state index in [-0.39, 0.29) is 5.82 Å². The molecule has 0 atom stereocenters. The number of aryl methyl sites for hydroxylation is 1. The topological polar surface area (TPSA) is 73.5 Å². The summed E-state index contributed by atoms with van der Waals surface area (Å²) in [6, 6.07) is 12.9. The third-order valence-electron chi connectivity index (χ3n) is 7.15. The number of rotatable bonds is 7. The van der Waals surface area contributed by atoms with Crippen LogP contribution in [0.2, 0.25) is 0 Å². The molecule has 0 saturated carbocycles. The van der Waals surface area contributed by atoms with E-state index in [9.17, 15) is 4.39 Å². The van der Waals surface area contributed by atoms with E-state index in [1.807, 2.05) is 31.6 Å². The van der Waals surface area contributed by atoms with Crippen LogP contribution in [0.25, 0.3) is 39.1 Å². The van der Waals surface area contributed by atoms with E-state index in [1.54, 1.807) is 18.2 Å². The summed E-state index contributed by atoms with van der Waals surface area (Å²) < 4.78 is 13.6. The number of halogens is 1. The first-order chi connectivity index (χ1) is 18.6. The van der Waals surface area contributed by atoms with Gasteiger partial charge in [0, 0.05) is 52.9 Å². The lowest BCUT2D eigenvalue weighted by Gasteiger charge is -2.14. The van der Waals surface area contributed by atoms with E-state index in [0.717, 1.165) is 75.6 Å². The number of fused-ring (bicyclic) bond motifs is 1. The van der Waals surface area contributed by atoms with Gasteiger partial charge >= 0.3 is 0 Å². The summed E-state index contributed by atoms with van der Waals surface area (Å²) in [4.78, 5) is 15.1. The number of pyridine rings is 2. The molecular weight excluding hydrogens is 475 g/mol. The Morgan fingerprint density at radius 3 is 2.63 bits per heavy atom. The molecule has 190 valence electrons. The standard InChI is InChI=1S/C31H29FN6/c1-3-6-26(22-7-9-25(32)10-8-22)27-15-29(35-20(27)2)30-28-14-24(18-34-31(28)37-36-30)23-13-21(16-33-17-23)19-38-11-4-5-12-38/h3,6-10,13-18,35H,1,4-5,11-12,19H2,2H3,(H,34,36,37)/b26-6-. The zero-order chi connectivity index (χ0) is 26.1. The van der Waals surface area contributed by atoms with Gasteiger partial charge in [-0.15, -0.1) is 0 Å². The summed E-state index contributed by atoms with van der Waals surface area (Å²) in [5, 5.41) is 8.60. The van der Waals surface area contributed by atoms with Crippen LogP contribution in [0.4, 0.5) is 4.39 Å². The van der Waals surface area contributed by atoms with Crippen LogP contribution in [0.5, 0.6) is 0 Å². The predicted molar refractivity (Wildman–Crippen MR) is 150 cm³/mol. The number of nitrogens with zero attached hydrogens (tertiary/aromatic N) is 4. The highest BCUT2D eigenvalue weighted by molar-refractivity contribution is 5.94. The molecule has 0 aliphatic carbocycles. The van der Waals surface area contributed by atoms with E-state index in [2.05, 4.69) is 54.8 Å². The Hall–Kier alpha value is -4.36. The lowest BCUT2D eigenvalue weighted by atomic mass is 9.97. The Labute approximate surface area is 221 Å². The van der Waals surface area contributed by atoms with Crippen molar-refractivity contribution in [2.24, 2.45) is 0 Å². The summed E-state index contributed by atoms with van der Waals surface area (Å²) >= 11 is 0. The van der Waals surface area contributed by atoms with Crippen molar-refractivity contribution in [3.63, 3.8) is 0 Å². The second kappa shape index (κ2) is 10.2. The Kier molecular flexibility index (Phi) is 6.43. The number of benzene rings is 1. The van der Waals surface area contributed by atoms with Gasteiger partial charge in [0.1, 0.15) is 11.5 Å². The fraction of sp³-hybridized carbons (Fsp3) is 0.194. The molecule has 0 radical (unpaired) electrons. The monoisotopic (exact) mass is 504 g/mol. The maximum absolute atomic E-state index is 13.6. The molecule has 0 spiro atoms. The molecule has 1 aromatic carbocycles. The van der Waals surface area contributed by atoms with Gasteiger partial charge in [0.05, 0.1) is 5.69 Å². The minimum atomic E-state index is -0.263. The number of allylic oxidation sites excluding steroid dienone is 2. The van der Waals surface area contributed by atoms with Gasteiger partial charge in [-0.25, -0.2) is 9.37 Å². The van der Waals surface area contributed by atoms with E-state index < -0.39 is 0 Å². The van der Waals surface area contributed by atoms with Gasteiger partial charge in [-0.3, -0.25) is 15.0 Å². The molecule has 1 aliphatic heterocycles. The smallest absolute Gasteiger partial charge is 0.155 e. The fourth-order valence-corrected chi connectivity index (χ4v) is 5.25. The van der Waals surface area contributed by atoms with Crippen LogP contribution in [0.15, 0.2) is 79.8 Å². The molecule has 0 bridgehead atoms. The molecule has 1 saturated heterocycles. The van der Waals surface area contributed by atoms with E-state index in [1.165, 1.54) is 30.5 Å². The van der Waals surface area contributed by atoms with Crippen LogP contribution in [0.1, 0.15) is 35.2 Å². The summed E-state index contributed by atoms with van der Waals surface area (Å²) in [7, 11) is 0. The van der Waals surface area contributed by atoms with Crippen LogP contribution < -0.4 is 0 Å². The Morgan fingerprint density at radius 1 is 1.05 bits per heavy atom. The largest absolute Gasteiger partial charge is 0.357 e. The van der Waals surface area contributed by atoms with Crippen molar-refractivity contribution in [2.75, 3.05) is 13.1 Å². The number of nitrogens with one attached hydrogen (secondary N) is 2. The highest BCUT2D eigenvalue weighted by Crippen LogP contribution is 2.34. The Bertz CT molecular complexity index is 1640. The Morgan fingerprint density at radius 2 is 1.84 bits per heavy atom. The lowest BCUT2D eigenvalue weighted by molar-refractivity contribution is 0.331. The van der Waals surface area contributed by atoms with Crippen molar-refractivity contribution in [1.29, 1.82) is 0 Å². The predicted octanol–water partition coefficient (Wildman–Crippen LogP) is 6.68. The van der Waals surface area contributed by atoms with Gasteiger partial charge in [-0.05, 0) is 79.9 Å². The number of aromatic nitrogens is 5. The maximum Gasteiger partial charge on any atom is 0.155 e. The molecule has 4 aromatic heterocycles. The minimum absolute atomic E-state index is 0.263. The van der Waals surface area contributed by atoms with Gasteiger partial charge in [0.15, 0.2) is 5.65 Å². The summed E-state index contributed by atoms with van der Waals surface area (Å²) in [5.41, 5.74) is 9.50. The van der Waals surface area contributed by atoms with Crippen LogP contribution >= 0.6 is 0 Å². The average molecular weight is 505 g/mol. The number of hydrogen-bond acceptors (Lipinski definition) is 4. The molecule has 0 unspecified atom stereocenters. The number of aromatic amines is 2. The van der Waals surface area contributed by atoms with Crippen molar-refractivity contribution in [1.82, 2.24) is 30.0 Å². The minimum Gasteiger partial charge on any atom is -0.357 e. The van der Waals surface area contributed by atoms with E-state index in [4.69, 9.17) is 0 Å². The number of likely N-dealkylation sites (tertiary alicyclic amines) is 1. The average Bonchev–Trinajstić information content (AvgIpc) is 3.68. The Balaban J connectivity index is 1.36. The highest BCUT2D eigenvalue weighted by atomic mass is 19.1. The molecule has 6 nitrogen and oxygen atoms in total. The molecule has 2 N–H and O–H groups in total. The fourth-order valence-electron chi connectivity index (χ4n) is 5.25. The molecular formula is C31H29FN6. The van der Waals surface area contributed by atoms with Crippen molar-refractivity contribution >= 4 is 16.6 Å². The zero-order valence-corrected chi connectivity index (χ0v) is 21.3. The van der Waals surface area contributed by atoms with Crippen LogP contribution in [0.3, 0.4) is 0 Å². The van der Waals surface area contributed by atoms with E-state index >= 15 is 0 Å². The molecule has 7 heteroatoms. The zero-order valence-electron chi connectivity index (χ0n) is 21.3. The SMILES string of the molecule is C=C/C=C(/c1ccc(F)cc1)c1cc(-c2n[nH]c3ncc(-c4cncc(CN5CCCC5)c4)cc23)[nH]c1C. The quantitative estimate of drug-likeness (QED) is 0.243. The molecule has 1 aliphatic rings. The summed E-state index contributed by atoms with van der Waals surface area (Å²) in [6.45, 7) is 9.12. The first kappa shape index (κ1) is 24.0. The van der Waals surface area contributed by atoms with Gasteiger partial charge in [0.2, 0.25) is 0 Å². The summed E-state index contributed by atoms with van der Waals surface area (Å²) in [6.07, 6.45) is 11.9. The van der Waals surface area contributed by atoms with Gasteiger partial charge in [-0.2, -0.15) is 5.10 Å². The first-order valence-electron chi connectivity index (χ1n) is 12.9. The molecule has 1 fully saturated rings. The molecule has 38 heavy (non-hydrogen) atoms. The number of hydrogen-bond donors (Lipinski definition) is 2. The molecule has 5 heterocycles.